The van der Waals surface area contributed by atoms with Crippen molar-refractivity contribution in [2.24, 2.45) is 0 Å². The second kappa shape index (κ2) is 7.21. The van der Waals surface area contributed by atoms with Gasteiger partial charge in [-0.15, -0.1) is 11.6 Å². The first-order chi connectivity index (χ1) is 9.52. The van der Waals surface area contributed by atoms with Gasteiger partial charge in [0.25, 0.3) is 0 Å². The third kappa shape index (κ3) is 3.73. The minimum Gasteiger partial charge on any atom is -0.492 e. The summed E-state index contributed by atoms with van der Waals surface area (Å²) < 4.78 is 6.54. The van der Waals surface area contributed by atoms with Crippen molar-refractivity contribution in [1.29, 1.82) is 0 Å². The van der Waals surface area contributed by atoms with E-state index in [1.165, 1.54) is 0 Å². The highest BCUT2D eigenvalue weighted by atomic mass is 127. The van der Waals surface area contributed by atoms with Crippen molar-refractivity contribution in [2.75, 3.05) is 6.61 Å². The topological polar surface area (TPSA) is 9.23 Å². The highest BCUT2D eigenvalue weighted by molar-refractivity contribution is 14.1. The van der Waals surface area contributed by atoms with Crippen LogP contribution in [-0.2, 0) is 0 Å². The molecule has 1 atom stereocenters. The summed E-state index contributed by atoms with van der Waals surface area (Å²) >= 11 is 21.3. The molecule has 2 rings (SSSR count). The summed E-state index contributed by atoms with van der Waals surface area (Å²) in [4.78, 5) is 0. The van der Waals surface area contributed by atoms with Crippen LogP contribution in [0, 0.1) is 3.57 Å². The van der Waals surface area contributed by atoms with Crippen molar-refractivity contribution in [3.63, 3.8) is 0 Å². The van der Waals surface area contributed by atoms with E-state index in [0.717, 1.165) is 14.7 Å². The van der Waals surface area contributed by atoms with E-state index >= 15 is 0 Å². The summed E-state index contributed by atoms with van der Waals surface area (Å²) in [5.41, 5.74) is 1.77. The summed E-state index contributed by atoms with van der Waals surface area (Å²) in [6.07, 6.45) is 0. The maximum absolute atomic E-state index is 6.52. The van der Waals surface area contributed by atoms with E-state index in [1.807, 2.05) is 31.2 Å². The predicted octanol–water partition coefficient (Wildman–Crippen LogP) is 6.32. The molecule has 106 valence electrons. The van der Waals surface area contributed by atoms with Crippen LogP contribution < -0.4 is 4.74 Å². The summed E-state index contributed by atoms with van der Waals surface area (Å²) in [7, 11) is 0. The molecule has 0 saturated carbocycles. The Kier molecular flexibility index (Phi) is 5.84. The number of benzene rings is 2. The molecule has 0 radical (unpaired) electrons. The predicted molar refractivity (Wildman–Crippen MR) is 94.5 cm³/mol. The van der Waals surface area contributed by atoms with Gasteiger partial charge in [-0.05, 0) is 58.8 Å². The summed E-state index contributed by atoms with van der Waals surface area (Å²) in [5.74, 6) is 0.578. The Morgan fingerprint density at radius 3 is 2.55 bits per heavy atom. The van der Waals surface area contributed by atoms with Crippen LogP contribution in [0.15, 0.2) is 36.4 Å². The van der Waals surface area contributed by atoms with Crippen LogP contribution >= 0.6 is 57.4 Å². The van der Waals surface area contributed by atoms with Gasteiger partial charge in [0.1, 0.15) is 5.75 Å². The third-order valence-corrected chi connectivity index (χ3v) is 4.55. The molecular weight excluding hydrogens is 429 g/mol. The molecule has 0 aliphatic heterocycles. The zero-order chi connectivity index (χ0) is 14.7. The molecule has 0 heterocycles. The molecule has 0 aliphatic rings. The van der Waals surface area contributed by atoms with E-state index in [0.29, 0.717) is 22.4 Å². The van der Waals surface area contributed by atoms with Gasteiger partial charge in [-0.2, -0.15) is 0 Å². The van der Waals surface area contributed by atoms with Crippen molar-refractivity contribution in [2.45, 2.75) is 12.3 Å². The Labute approximate surface area is 147 Å². The first-order valence-electron chi connectivity index (χ1n) is 6.04. The Hall–Kier alpha value is -0.160. The van der Waals surface area contributed by atoms with Gasteiger partial charge in [0.05, 0.1) is 17.0 Å². The molecule has 1 unspecified atom stereocenters. The monoisotopic (exact) mass is 440 g/mol. The van der Waals surface area contributed by atoms with Crippen LogP contribution in [0.3, 0.4) is 0 Å². The molecular formula is C15H12Cl3IO. The van der Waals surface area contributed by atoms with E-state index in [9.17, 15) is 0 Å². The van der Waals surface area contributed by atoms with Crippen molar-refractivity contribution >= 4 is 57.4 Å². The van der Waals surface area contributed by atoms with Gasteiger partial charge < -0.3 is 4.74 Å². The molecule has 0 N–H and O–H groups in total. The van der Waals surface area contributed by atoms with Gasteiger partial charge in [-0.3, -0.25) is 0 Å². The highest BCUT2D eigenvalue weighted by Gasteiger charge is 2.17. The number of hydrogen-bond acceptors (Lipinski definition) is 1. The van der Waals surface area contributed by atoms with E-state index in [2.05, 4.69) is 22.6 Å². The minimum atomic E-state index is -0.342. The van der Waals surface area contributed by atoms with Crippen LogP contribution in [0.1, 0.15) is 23.4 Å². The normalized spacial score (nSPS) is 12.2. The second-order valence-corrected chi connectivity index (χ2v) is 6.65. The van der Waals surface area contributed by atoms with Crippen LogP contribution in [0.4, 0.5) is 0 Å². The lowest BCUT2D eigenvalue weighted by atomic mass is 10.0. The standard InChI is InChI=1S/C15H12Cl3IO/c1-2-20-14-8-12(16)11(7-13(14)17)15(18)9-4-3-5-10(19)6-9/h3-8,15H,2H2,1H3. The number of halogens is 4. The number of alkyl halides is 1. The molecule has 0 amide bonds. The number of ether oxygens (including phenoxy) is 1. The summed E-state index contributed by atoms with van der Waals surface area (Å²) in [6.45, 7) is 2.44. The Morgan fingerprint density at radius 1 is 1.15 bits per heavy atom. The molecule has 2 aromatic carbocycles. The molecule has 0 spiro atoms. The van der Waals surface area contributed by atoms with Crippen molar-refractivity contribution < 1.29 is 4.74 Å². The van der Waals surface area contributed by atoms with Gasteiger partial charge in [-0.25, -0.2) is 0 Å². The molecule has 2 aromatic rings. The van der Waals surface area contributed by atoms with Crippen LogP contribution in [0.2, 0.25) is 10.0 Å². The average molecular weight is 442 g/mol. The van der Waals surface area contributed by atoms with E-state index in [1.54, 1.807) is 12.1 Å². The van der Waals surface area contributed by atoms with Crippen molar-refractivity contribution in [1.82, 2.24) is 0 Å². The Morgan fingerprint density at radius 2 is 1.90 bits per heavy atom. The zero-order valence-corrected chi connectivity index (χ0v) is 15.1. The lowest BCUT2D eigenvalue weighted by Crippen LogP contribution is -1.98. The first kappa shape index (κ1) is 16.2. The van der Waals surface area contributed by atoms with Crippen LogP contribution in [0.5, 0.6) is 5.75 Å². The van der Waals surface area contributed by atoms with Gasteiger partial charge in [-0.1, -0.05) is 35.3 Å². The lowest BCUT2D eigenvalue weighted by Gasteiger charge is -2.15. The fourth-order valence-corrected chi connectivity index (χ4v) is 3.28. The Balaban J connectivity index is 2.40. The maximum Gasteiger partial charge on any atom is 0.139 e. The van der Waals surface area contributed by atoms with Crippen LogP contribution in [0.25, 0.3) is 0 Å². The smallest absolute Gasteiger partial charge is 0.139 e. The highest BCUT2D eigenvalue weighted by Crippen LogP contribution is 2.39. The van der Waals surface area contributed by atoms with Gasteiger partial charge in [0, 0.05) is 14.7 Å². The third-order valence-electron chi connectivity index (χ3n) is 2.77. The molecule has 0 fully saturated rings. The molecule has 0 bridgehead atoms. The molecule has 0 aliphatic carbocycles. The van der Waals surface area contributed by atoms with Crippen molar-refractivity contribution in [3.05, 3.63) is 61.1 Å². The first-order valence-corrected chi connectivity index (χ1v) is 8.31. The number of rotatable bonds is 4. The summed E-state index contributed by atoms with van der Waals surface area (Å²) in [5, 5.41) is 0.727. The number of hydrogen-bond donors (Lipinski definition) is 0. The maximum atomic E-state index is 6.52. The van der Waals surface area contributed by atoms with Crippen LogP contribution in [-0.4, -0.2) is 6.61 Å². The fraction of sp³-hybridized carbons (Fsp3) is 0.200. The molecule has 0 aromatic heterocycles. The zero-order valence-electron chi connectivity index (χ0n) is 10.7. The van der Waals surface area contributed by atoms with Gasteiger partial charge in [0.2, 0.25) is 0 Å². The molecule has 20 heavy (non-hydrogen) atoms. The largest absolute Gasteiger partial charge is 0.492 e. The minimum absolute atomic E-state index is 0.342. The van der Waals surface area contributed by atoms with E-state index in [4.69, 9.17) is 39.5 Å². The van der Waals surface area contributed by atoms with Crippen molar-refractivity contribution in [3.8, 4) is 5.75 Å². The molecule has 1 nitrogen and oxygen atoms in total. The Bertz CT molecular complexity index is 616. The molecule has 5 heteroatoms. The van der Waals surface area contributed by atoms with Gasteiger partial charge >= 0.3 is 0 Å². The van der Waals surface area contributed by atoms with E-state index < -0.39 is 0 Å². The van der Waals surface area contributed by atoms with E-state index in [-0.39, 0.29) is 5.38 Å². The summed E-state index contributed by atoms with van der Waals surface area (Å²) in [6, 6.07) is 11.5. The quantitative estimate of drug-likeness (QED) is 0.398. The van der Waals surface area contributed by atoms with Gasteiger partial charge in [0.15, 0.2) is 0 Å². The average Bonchev–Trinajstić information content (AvgIpc) is 2.42. The fourth-order valence-electron chi connectivity index (χ4n) is 1.85. The molecule has 0 saturated heterocycles. The lowest BCUT2D eigenvalue weighted by molar-refractivity contribution is 0.340. The SMILES string of the molecule is CCOc1cc(Cl)c(C(Cl)c2cccc(I)c2)cc1Cl. The second-order valence-electron chi connectivity index (χ2n) is 4.15.